The van der Waals surface area contributed by atoms with E-state index in [1.54, 1.807) is 18.2 Å². The topological polar surface area (TPSA) is 24.9 Å². The summed E-state index contributed by atoms with van der Waals surface area (Å²) in [4.78, 5) is 4.07. The van der Waals surface area contributed by atoms with Crippen molar-refractivity contribution in [1.29, 1.82) is 0 Å². The van der Waals surface area contributed by atoms with Crippen LogP contribution in [0.1, 0.15) is 24.1 Å². The first kappa shape index (κ1) is 14.7. The van der Waals surface area contributed by atoms with Gasteiger partial charge in [-0.3, -0.25) is 0 Å². The molecule has 20 heavy (non-hydrogen) atoms. The second-order valence-corrected chi connectivity index (χ2v) is 4.72. The minimum absolute atomic E-state index is 0.178. The van der Waals surface area contributed by atoms with Crippen LogP contribution in [0.25, 0.3) is 0 Å². The number of halogens is 4. The van der Waals surface area contributed by atoms with E-state index < -0.39 is 11.7 Å². The lowest BCUT2D eigenvalue weighted by atomic mass is 10.1. The summed E-state index contributed by atoms with van der Waals surface area (Å²) in [5.41, 5.74) is 0.0779. The zero-order chi connectivity index (χ0) is 14.8. The van der Waals surface area contributed by atoms with Crippen LogP contribution >= 0.6 is 11.6 Å². The average Bonchev–Trinajstić information content (AvgIpc) is 2.38. The Balaban J connectivity index is 2.11. The first-order valence-electron chi connectivity index (χ1n) is 5.92. The van der Waals surface area contributed by atoms with Crippen LogP contribution in [-0.4, -0.2) is 4.98 Å². The van der Waals surface area contributed by atoms with Gasteiger partial charge in [0, 0.05) is 6.04 Å². The second-order valence-electron chi connectivity index (χ2n) is 4.33. The highest BCUT2D eigenvalue weighted by Crippen LogP contribution is 2.30. The van der Waals surface area contributed by atoms with Crippen LogP contribution in [0, 0.1) is 0 Å². The highest BCUT2D eigenvalue weighted by atomic mass is 35.5. The van der Waals surface area contributed by atoms with Gasteiger partial charge in [0.1, 0.15) is 11.0 Å². The molecular weight excluding hydrogens is 289 g/mol. The van der Waals surface area contributed by atoms with Crippen molar-refractivity contribution in [2.24, 2.45) is 0 Å². The number of nitrogens with zero attached hydrogens (tertiary/aromatic N) is 1. The summed E-state index contributed by atoms with van der Waals surface area (Å²) in [7, 11) is 0. The van der Waals surface area contributed by atoms with E-state index in [-0.39, 0.29) is 6.04 Å². The molecule has 0 spiro atoms. The van der Waals surface area contributed by atoms with Crippen LogP contribution in [-0.2, 0) is 6.18 Å². The van der Waals surface area contributed by atoms with E-state index >= 15 is 0 Å². The lowest BCUT2D eigenvalue weighted by molar-refractivity contribution is -0.137. The van der Waals surface area contributed by atoms with Crippen molar-refractivity contribution < 1.29 is 13.2 Å². The molecule has 1 aromatic carbocycles. The van der Waals surface area contributed by atoms with E-state index in [1.165, 1.54) is 12.1 Å². The van der Waals surface area contributed by atoms with Crippen molar-refractivity contribution in [3.63, 3.8) is 0 Å². The largest absolute Gasteiger partial charge is 0.416 e. The Morgan fingerprint density at radius 2 is 1.75 bits per heavy atom. The number of pyridine rings is 1. The molecule has 1 unspecified atom stereocenters. The number of benzene rings is 1. The third-order valence-electron chi connectivity index (χ3n) is 2.82. The molecule has 6 heteroatoms. The van der Waals surface area contributed by atoms with Crippen molar-refractivity contribution in [1.82, 2.24) is 4.98 Å². The lowest BCUT2D eigenvalue weighted by Gasteiger charge is -2.16. The number of alkyl halides is 3. The smallest absolute Gasteiger partial charge is 0.364 e. The Morgan fingerprint density at radius 1 is 1.10 bits per heavy atom. The number of aromatic nitrogens is 1. The summed E-state index contributed by atoms with van der Waals surface area (Å²) in [6.07, 6.45) is -4.32. The van der Waals surface area contributed by atoms with E-state index in [0.717, 1.165) is 17.7 Å². The molecule has 2 nitrogen and oxygen atoms in total. The third-order valence-corrected chi connectivity index (χ3v) is 3.03. The number of hydrogen-bond acceptors (Lipinski definition) is 2. The predicted octanol–water partition coefficient (Wildman–Crippen LogP) is 4.93. The zero-order valence-corrected chi connectivity index (χ0v) is 11.3. The van der Waals surface area contributed by atoms with Crippen LogP contribution in [0.5, 0.6) is 0 Å². The Hall–Kier alpha value is -1.75. The lowest BCUT2D eigenvalue weighted by Crippen LogP contribution is -2.09. The molecule has 1 atom stereocenters. The van der Waals surface area contributed by atoms with Gasteiger partial charge in [-0.15, -0.1) is 0 Å². The molecule has 2 aromatic rings. The highest BCUT2D eigenvalue weighted by Gasteiger charge is 2.30. The van der Waals surface area contributed by atoms with Crippen LogP contribution in [0.15, 0.2) is 42.5 Å². The molecule has 0 aliphatic carbocycles. The van der Waals surface area contributed by atoms with Gasteiger partial charge in [0.2, 0.25) is 0 Å². The Kier molecular flexibility index (Phi) is 4.18. The van der Waals surface area contributed by atoms with E-state index in [4.69, 9.17) is 11.6 Å². The molecule has 0 saturated heterocycles. The molecule has 0 aliphatic rings. The van der Waals surface area contributed by atoms with E-state index in [0.29, 0.717) is 11.0 Å². The Labute approximate surface area is 119 Å². The normalized spacial score (nSPS) is 13.1. The fourth-order valence-electron chi connectivity index (χ4n) is 1.75. The molecule has 1 heterocycles. The molecule has 0 aliphatic heterocycles. The van der Waals surface area contributed by atoms with Gasteiger partial charge in [-0.05, 0) is 36.8 Å². The minimum Gasteiger partial charge on any atom is -0.364 e. The fraction of sp³-hybridized carbons (Fsp3) is 0.214. The molecule has 0 amide bonds. The molecule has 106 valence electrons. The maximum Gasteiger partial charge on any atom is 0.416 e. The van der Waals surface area contributed by atoms with Gasteiger partial charge in [-0.25, -0.2) is 4.98 Å². The summed E-state index contributed by atoms with van der Waals surface area (Å²) in [5.74, 6) is 0.574. The standard InChI is InChI=1S/C14H12ClF3N2/c1-9(19-13-4-2-3-12(15)20-13)10-5-7-11(8-6-10)14(16,17)18/h2-9H,1H3,(H,19,20). The fourth-order valence-corrected chi connectivity index (χ4v) is 1.92. The average molecular weight is 301 g/mol. The first-order valence-corrected chi connectivity index (χ1v) is 6.30. The van der Waals surface area contributed by atoms with Crippen LogP contribution in [0.3, 0.4) is 0 Å². The van der Waals surface area contributed by atoms with Gasteiger partial charge < -0.3 is 5.32 Å². The summed E-state index contributed by atoms with van der Waals surface area (Å²) in [6.45, 7) is 1.84. The maximum absolute atomic E-state index is 12.5. The van der Waals surface area contributed by atoms with E-state index in [9.17, 15) is 13.2 Å². The van der Waals surface area contributed by atoms with Gasteiger partial charge in [0.05, 0.1) is 5.56 Å². The predicted molar refractivity (Wildman–Crippen MR) is 72.7 cm³/mol. The number of rotatable bonds is 3. The van der Waals surface area contributed by atoms with Gasteiger partial charge >= 0.3 is 6.18 Å². The summed E-state index contributed by atoms with van der Waals surface area (Å²) in [6, 6.07) is 10.00. The number of nitrogens with one attached hydrogen (secondary N) is 1. The van der Waals surface area contributed by atoms with Gasteiger partial charge in [-0.1, -0.05) is 29.8 Å². The summed E-state index contributed by atoms with van der Waals surface area (Å²) < 4.78 is 37.4. The number of hydrogen-bond donors (Lipinski definition) is 1. The van der Waals surface area contributed by atoms with Crippen molar-refractivity contribution in [3.8, 4) is 0 Å². The van der Waals surface area contributed by atoms with Gasteiger partial charge in [-0.2, -0.15) is 13.2 Å². The SMILES string of the molecule is CC(Nc1cccc(Cl)n1)c1ccc(C(F)(F)F)cc1. The third kappa shape index (κ3) is 3.63. The highest BCUT2D eigenvalue weighted by molar-refractivity contribution is 6.29. The van der Waals surface area contributed by atoms with Crippen molar-refractivity contribution in [3.05, 3.63) is 58.7 Å². The molecule has 0 radical (unpaired) electrons. The van der Waals surface area contributed by atoms with Crippen LogP contribution in [0.4, 0.5) is 19.0 Å². The summed E-state index contributed by atoms with van der Waals surface area (Å²) >= 11 is 5.77. The van der Waals surface area contributed by atoms with Crippen LogP contribution < -0.4 is 5.32 Å². The van der Waals surface area contributed by atoms with Crippen LogP contribution in [0.2, 0.25) is 5.15 Å². The van der Waals surface area contributed by atoms with Crippen molar-refractivity contribution >= 4 is 17.4 Å². The van der Waals surface area contributed by atoms with Gasteiger partial charge in [0.15, 0.2) is 0 Å². The molecular formula is C14H12ClF3N2. The monoisotopic (exact) mass is 300 g/mol. The molecule has 1 aromatic heterocycles. The molecule has 1 N–H and O–H groups in total. The Morgan fingerprint density at radius 3 is 2.30 bits per heavy atom. The van der Waals surface area contributed by atoms with Gasteiger partial charge in [0.25, 0.3) is 0 Å². The Bertz CT molecular complexity index is 582. The van der Waals surface area contributed by atoms with Crippen molar-refractivity contribution in [2.75, 3.05) is 5.32 Å². The number of anilines is 1. The quantitative estimate of drug-likeness (QED) is 0.813. The molecule has 2 rings (SSSR count). The van der Waals surface area contributed by atoms with E-state index in [2.05, 4.69) is 10.3 Å². The zero-order valence-electron chi connectivity index (χ0n) is 10.6. The van der Waals surface area contributed by atoms with E-state index in [1.807, 2.05) is 6.92 Å². The second kappa shape index (κ2) is 5.71. The maximum atomic E-state index is 12.5. The molecule has 0 saturated carbocycles. The van der Waals surface area contributed by atoms with Crippen molar-refractivity contribution in [2.45, 2.75) is 19.1 Å². The molecule has 0 bridgehead atoms. The first-order chi connectivity index (χ1) is 9.36. The minimum atomic E-state index is -4.32. The molecule has 0 fully saturated rings. The summed E-state index contributed by atoms with van der Waals surface area (Å²) in [5, 5.41) is 3.44.